The van der Waals surface area contributed by atoms with Crippen LogP contribution in [0.25, 0.3) is 0 Å². The predicted molar refractivity (Wildman–Crippen MR) is 121 cm³/mol. The summed E-state index contributed by atoms with van der Waals surface area (Å²) < 4.78 is 5.16. The second-order valence-electron chi connectivity index (χ2n) is 7.31. The van der Waals surface area contributed by atoms with Crippen molar-refractivity contribution >= 4 is 23.6 Å². The molecule has 30 heavy (non-hydrogen) atoms. The van der Waals surface area contributed by atoms with Crippen LogP contribution in [0.5, 0.6) is 5.75 Å². The number of methoxy groups -OCH3 is 1. The van der Waals surface area contributed by atoms with Gasteiger partial charge in [0.05, 0.1) is 13.2 Å². The highest BCUT2D eigenvalue weighted by Crippen LogP contribution is 2.16. The molecule has 0 saturated carbocycles. The second-order valence-corrected chi connectivity index (χ2v) is 8.30. The predicted octanol–water partition coefficient (Wildman–Crippen LogP) is 2.26. The van der Waals surface area contributed by atoms with Gasteiger partial charge in [0, 0.05) is 13.1 Å². The molecule has 1 heterocycles. The van der Waals surface area contributed by atoms with Gasteiger partial charge in [-0.3, -0.25) is 9.59 Å². The molecule has 0 saturated heterocycles. The van der Waals surface area contributed by atoms with E-state index < -0.39 is 6.04 Å². The Kier molecular flexibility index (Phi) is 8.16. The van der Waals surface area contributed by atoms with Crippen molar-refractivity contribution in [1.29, 1.82) is 0 Å². The van der Waals surface area contributed by atoms with Crippen molar-refractivity contribution in [2.45, 2.75) is 38.0 Å². The number of amides is 2. The fourth-order valence-electron chi connectivity index (χ4n) is 3.47. The molecule has 1 aliphatic heterocycles. The average molecular weight is 428 g/mol. The number of hydrogen-bond donors (Lipinski definition) is 3. The zero-order valence-electron chi connectivity index (χ0n) is 17.4. The molecule has 2 aromatic rings. The zero-order chi connectivity index (χ0) is 21.3. The molecule has 0 aromatic heterocycles. The topological polar surface area (TPSA) is 79.5 Å². The molecule has 0 fully saturated rings. The average Bonchev–Trinajstić information content (AvgIpc) is 2.80. The van der Waals surface area contributed by atoms with Crippen molar-refractivity contribution in [3.8, 4) is 5.75 Å². The van der Waals surface area contributed by atoms with Gasteiger partial charge in [-0.15, -0.1) is 0 Å². The zero-order valence-corrected chi connectivity index (χ0v) is 18.3. The van der Waals surface area contributed by atoms with Crippen molar-refractivity contribution in [3.05, 3.63) is 65.2 Å². The molecule has 0 spiro atoms. The van der Waals surface area contributed by atoms with Crippen LogP contribution in [0.15, 0.2) is 48.5 Å². The highest BCUT2D eigenvalue weighted by molar-refractivity contribution is 7.98. The van der Waals surface area contributed by atoms with Gasteiger partial charge in [0.15, 0.2) is 0 Å². The Hall–Kier alpha value is -2.51. The number of rotatable bonds is 9. The fraction of sp³-hybridized carbons (Fsp3) is 0.391. The summed E-state index contributed by atoms with van der Waals surface area (Å²) in [5, 5.41) is 9.19. The summed E-state index contributed by atoms with van der Waals surface area (Å²) in [6.45, 7) is 1.07. The number of carbonyl (C=O) groups is 2. The maximum absolute atomic E-state index is 12.9. The van der Waals surface area contributed by atoms with Gasteiger partial charge in [0.1, 0.15) is 11.8 Å². The highest BCUT2D eigenvalue weighted by Gasteiger charge is 2.28. The number of thioether (sulfide) groups is 1. The molecule has 6 nitrogen and oxygen atoms in total. The van der Waals surface area contributed by atoms with E-state index in [0.29, 0.717) is 25.9 Å². The van der Waals surface area contributed by atoms with Crippen LogP contribution in [-0.4, -0.2) is 43.0 Å². The van der Waals surface area contributed by atoms with Crippen LogP contribution in [0.4, 0.5) is 0 Å². The van der Waals surface area contributed by atoms with Gasteiger partial charge < -0.3 is 20.7 Å². The SMILES string of the molecule is COc1ccc(CNC(=O)[C@@H](CCSC)NC(=O)[C@@H]2Cc3ccccc3CN2)cc1. The van der Waals surface area contributed by atoms with Crippen LogP contribution in [0.3, 0.4) is 0 Å². The summed E-state index contributed by atoms with van der Waals surface area (Å²) in [7, 11) is 1.62. The third-order valence-corrected chi connectivity index (χ3v) is 5.91. The second kappa shape index (κ2) is 11.0. The smallest absolute Gasteiger partial charge is 0.242 e. The van der Waals surface area contributed by atoms with E-state index in [-0.39, 0.29) is 17.9 Å². The standard InChI is InChI=1S/C23H29N3O3S/c1-29-19-9-7-16(8-10-19)14-25-22(27)20(11-12-30-2)26-23(28)21-13-17-5-3-4-6-18(17)15-24-21/h3-10,20-21,24H,11-15H2,1-2H3,(H,25,27)(H,26,28)/t20-,21+/m1/s1. The molecule has 160 valence electrons. The van der Waals surface area contributed by atoms with Gasteiger partial charge in [-0.1, -0.05) is 36.4 Å². The number of benzene rings is 2. The molecule has 2 amide bonds. The van der Waals surface area contributed by atoms with Gasteiger partial charge >= 0.3 is 0 Å². The van der Waals surface area contributed by atoms with Gasteiger partial charge in [-0.25, -0.2) is 0 Å². The Morgan fingerprint density at radius 3 is 2.60 bits per heavy atom. The molecule has 2 atom stereocenters. The molecule has 0 radical (unpaired) electrons. The van der Waals surface area contributed by atoms with E-state index in [0.717, 1.165) is 17.1 Å². The number of fused-ring (bicyclic) bond motifs is 1. The van der Waals surface area contributed by atoms with Gasteiger partial charge in [0.25, 0.3) is 0 Å². The largest absolute Gasteiger partial charge is 0.497 e. The van der Waals surface area contributed by atoms with E-state index in [2.05, 4.69) is 28.1 Å². The Labute approximate surface area is 182 Å². The number of carbonyl (C=O) groups excluding carboxylic acids is 2. The van der Waals surface area contributed by atoms with Gasteiger partial charge in [0.2, 0.25) is 11.8 Å². The van der Waals surface area contributed by atoms with Crippen LogP contribution in [0.1, 0.15) is 23.1 Å². The maximum atomic E-state index is 12.9. The first-order chi connectivity index (χ1) is 14.6. The summed E-state index contributed by atoms with van der Waals surface area (Å²) in [4.78, 5) is 25.6. The van der Waals surface area contributed by atoms with Crippen LogP contribution in [0, 0.1) is 0 Å². The lowest BCUT2D eigenvalue weighted by Gasteiger charge is -2.27. The normalized spacial score (nSPS) is 16.3. The molecule has 1 aliphatic rings. The Morgan fingerprint density at radius 1 is 1.17 bits per heavy atom. The lowest BCUT2D eigenvalue weighted by molar-refractivity contribution is -0.130. The number of ether oxygens (including phenoxy) is 1. The molecular formula is C23H29N3O3S. The van der Waals surface area contributed by atoms with E-state index in [9.17, 15) is 9.59 Å². The first-order valence-corrected chi connectivity index (χ1v) is 11.5. The first kappa shape index (κ1) is 22.2. The Balaban J connectivity index is 1.57. The summed E-state index contributed by atoms with van der Waals surface area (Å²) in [5.74, 6) is 1.28. The number of nitrogens with one attached hydrogen (secondary N) is 3. The van der Waals surface area contributed by atoms with Crippen molar-refractivity contribution in [3.63, 3.8) is 0 Å². The lowest BCUT2D eigenvalue weighted by atomic mass is 9.95. The van der Waals surface area contributed by atoms with Crippen molar-refractivity contribution in [2.75, 3.05) is 19.1 Å². The van der Waals surface area contributed by atoms with E-state index >= 15 is 0 Å². The van der Waals surface area contributed by atoms with E-state index in [1.165, 1.54) is 11.1 Å². The molecule has 0 bridgehead atoms. The number of hydrogen-bond acceptors (Lipinski definition) is 5. The molecular weight excluding hydrogens is 398 g/mol. The molecule has 3 N–H and O–H groups in total. The van der Waals surface area contributed by atoms with E-state index in [1.54, 1.807) is 18.9 Å². The van der Waals surface area contributed by atoms with Crippen LogP contribution in [-0.2, 0) is 29.1 Å². The summed E-state index contributed by atoms with van der Waals surface area (Å²) >= 11 is 1.66. The summed E-state index contributed by atoms with van der Waals surface area (Å²) in [6.07, 6.45) is 3.21. The minimum absolute atomic E-state index is 0.129. The summed E-state index contributed by atoms with van der Waals surface area (Å²) in [6, 6.07) is 14.8. The lowest BCUT2D eigenvalue weighted by Crippen LogP contribution is -2.54. The first-order valence-electron chi connectivity index (χ1n) is 10.1. The monoisotopic (exact) mass is 427 g/mol. The summed E-state index contributed by atoms with van der Waals surface area (Å²) in [5.41, 5.74) is 3.38. The van der Waals surface area contributed by atoms with E-state index in [1.807, 2.05) is 42.7 Å². The third-order valence-electron chi connectivity index (χ3n) is 5.27. The molecule has 0 aliphatic carbocycles. The van der Waals surface area contributed by atoms with Gasteiger partial charge in [-0.2, -0.15) is 11.8 Å². The molecule has 2 aromatic carbocycles. The van der Waals surface area contributed by atoms with Crippen LogP contribution < -0.4 is 20.7 Å². The minimum Gasteiger partial charge on any atom is -0.497 e. The molecule has 0 unspecified atom stereocenters. The quantitative estimate of drug-likeness (QED) is 0.572. The molecule has 3 rings (SSSR count). The third kappa shape index (κ3) is 6.00. The fourth-order valence-corrected chi connectivity index (χ4v) is 3.94. The van der Waals surface area contributed by atoms with Gasteiger partial charge in [-0.05, 0) is 53.7 Å². The Bertz CT molecular complexity index is 857. The minimum atomic E-state index is -0.554. The highest BCUT2D eigenvalue weighted by atomic mass is 32.2. The van der Waals surface area contributed by atoms with E-state index in [4.69, 9.17) is 4.74 Å². The van der Waals surface area contributed by atoms with Crippen LogP contribution in [0.2, 0.25) is 0 Å². The van der Waals surface area contributed by atoms with Crippen LogP contribution >= 0.6 is 11.8 Å². The van der Waals surface area contributed by atoms with Crippen molar-refractivity contribution < 1.29 is 14.3 Å². The van der Waals surface area contributed by atoms with Crippen molar-refractivity contribution in [2.24, 2.45) is 0 Å². The molecule has 7 heteroatoms. The van der Waals surface area contributed by atoms with Crippen molar-refractivity contribution in [1.82, 2.24) is 16.0 Å². The maximum Gasteiger partial charge on any atom is 0.242 e. The Morgan fingerprint density at radius 2 is 1.90 bits per heavy atom.